The molecule has 0 aliphatic carbocycles. The average molecular weight is 235 g/mol. The third-order valence-corrected chi connectivity index (χ3v) is 2.79. The first kappa shape index (κ1) is 14.0. The van der Waals surface area contributed by atoms with Crippen LogP contribution in [0, 0.1) is 0 Å². The zero-order valence-corrected chi connectivity index (χ0v) is 11.3. The van der Waals surface area contributed by atoms with Crippen LogP contribution in [0.2, 0.25) is 0 Å². The summed E-state index contributed by atoms with van der Waals surface area (Å²) < 4.78 is 5.75. The van der Waals surface area contributed by atoms with Gasteiger partial charge in [-0.05, 0) is 49.5 Å². The molecule has 2 nitrogen and oxygen atoms in total. The second-order valence-corrected chi connectivity index (χ2v) is 4.64. The summed E-state index contributed by atoms with van der Waals surface area (Å²) in [5.74, 6) is 1.56. The molecule has 0 saturated heterocycles. The van der Waals surface area contributed by atoms with Gasteiger partial charge in [0, 0.05) is 0 Å². The van der Waals surface area contributed by atoms with Gasteiger partial charge in [-0.15, -0.1) is 0 Å². The Labute approximate surface area is 105 Å². The Morgan fingerprint density at radius 3 is 2.76 bits per heavy atom. The van der Waals surface area contributed by atoms with Gasteiger partial charge < -0.3 is 10.1 Å². The molecule has 0 spiro atoms. The van der Waals surface area contributed by atoms with Crippen molar-refractivity contribution >= 4 is 0 Å². The van der Waals surface area contributed by atoms with E-state index in [-0.39, 0.29) is 0 Å². The zero-order chi connectivity index (χ0) is 12.5. The summed E-state index contributed by atoms with van der Waals surface area (Å²) in [6.07, 6.45) is 2.29. The Balaban J connectivity index is 2.24. The molecule has 0 aromatic heterocycles. The van der Waals surface area contributed by atoms with E-state index in [0.29, 0.717) is 5.92 Å². The lowest BCUT2D eigenvalue weighted by atomic mass is 10.0. The second-order valence-electron chi connectivity index (χ2n) is 4.64. The molecule has 0 atom stereocenters. The Morgan fingerprint density at radius 2 is 2.06 bits per heavy atom. The van der Waals surface area contributed by atoms with Crippen molar-refractivity contribution < 1.29 is 4.74 Å². The monoisotopic (exact) mass is 235 g/mol. The lowest BCUT2D eigenvalue weighted by Crippen LogP contribution is -2.14. The van der Waals surface area contributed by atoms with Gasteiger partial charge in [0.05, 0.1) is 6.61 Å². The largest absolute Gasteiger partial charge is 0.494 e. The van der Waals surface area contributed by atoms with E-state index in [4.69, 9.17) is 4.74 Å². The summed E-state index contributed by atoms with van der Waals surface area (Å²) in [7, 11) is 0. The molecule has 1 rings (SSSR count). The molecule has 1 aromatic carbocycles. The maximum absolute atomic E-state index is 5.75. The summed E-state index contributed by atoms with van der Waals surface area (Å²) in [5, 5.41) is 3.32. The topological polar surface area (TPSA) is 21.3 Å². The van der Waals surface area contributed by atoms with Gasteiger partial charge >= 0.3 is 0 Å². The summed E-state index contributed by atoms with van der Waals surface area (Å²) in [4.78, 5) is 0. The molecule has 0 saturated carbocycles. The lowest BCUT2D eigenvalue weighted by Gasteiger charge is -2.10. The summed E-state index contributed by atoms with van der Waals surface area (Å²) in [5.41, 5.74) is 1.34. The molecule has 1 aromatic rings. The van der Waals surface area contributed by atoms with Crippen molar-refractivity contribution in [1.82, 2.24) is 5.32 Å². The van der Waals surface area contributed by atoms with Gasteiger partial charge in [0.1, 0.15) is 5.75 Å². The van der Waals surface area contributed by atoms with E-state index in [2.05, 4.69) is 44.3 Å². The van der Waals surface area contributed by atoms with Crippen molar-refractivity contribution in [3.63, 3.8) is 0 Å². The van der Waals surface area contributed by atoms with Gasteiger partial charge in [0.15, 0.2) is 0 Å². The van der Waals surface area contributed by atoms with Gasteiger partial charge in [-0.3, -0.25) is 0 Å². The maximum Gasteiger partial charge on any atom is 0.119 e. The number of hydrogen-bond donors (Lipinski definition) is 1. The molecule has 0 amide bonds. The van der Waals surface area contributed by atoms with Crippen molar-refractivity contribution in [3.05, 3.63) is 29.8 Å². The van der Waals surface area contributed by atoms with E-state index in [1.807, 2.05) is 6.07 Å². The van der Waals surface area contributed by atoms with Crippen molar-refractivity contribution in [2.75, 3.05) is 19.7 Å². The lowest BCUT2D eigenvalue weighted by molar-refractivity contribution is 0.305. The fourth-order valence-electron chi connectivity index (χ4n) is 1.68. The van der Waals surface area contributed by atoms with Crippen LogP contribution in [0.15, 0.2) is 24.3 Å². The molecular weight excluding hydrogens is 210 g/mol. The third kappa shape index (κ3) is 5.73. The minimum absolute atomic E-state index is 0.562. The van der Waals surface area contributed by atoms with E-state index in [0.717, 1.165) is 31.9 Å². The van der Waals surface area contributed by atoms with E-state index in [9.17, 15) is 0 Å². The van der Waals surface area contributed by atoms with Gasteiger partial charge in [0.25, 0.3) is 0 Å². The van der Waals surface area contributed by atoms with Crippen LogP contribution < -0.4 is 10.1 Å². The quantitative estimate of drug-likeness (QED) is 0.695. The molecule has 1 N–H and O–H groups in total. The summed E-state index contributed by atoms with van der Waals surface area (Å²) in [6, 6.07) is 8.41. The number of unbranched alkanes of at least 4 members (excludes halogenated alkanes) is 1. The standard InChI is InChI=1S/C15H25NO/c1-4-16-10-5-6-11-17-15-9-7-8-14(12-15)13(2)3/h7-9,12-13,16H,4-6,10-11H2,1-3H3. The SMILES string of the molecule is CCNCCCCOc1cccc(C(C)C)c1. The number of benzene rings is 1. The summed E-state index contributed by atoms with van der Waals surface area (Å²) >= 11 is 0. The van der Waals surface area contributed by atoms with E-state index >= 15 is 0 Å². The minimum Gasteiger partial charge on any atom is -0.494 e. The Hall–Kier alpha value is -1.02. The number of ether oxygens (including phenoxy) is 1. The molecule has 17 heavy (non-hydrogen) atoms. The highest BCUT2D eigenvalue weighted by molar-refractivity contribution is 5.30. The van der Waals surface area contributed by atoms with Crippen LogP contribution in [0.25, 0.3) is 0 Å². The highest BCUT2D eigenvalue weighted by Gasteiger charge is 2.00. The Morgan fingerprint density at radius 1 is 1.24 bits per heavy atom. The molecule has 0 bridgehead atoms. The van der Waals surface area contributed by atoms with Crippen molar-refractivity contribution in [2.45, 2.75) is 39.5 Å². The smallest absolute Gasteiger partial charge is 0.119 e. The van der Waals surface area contributed by atoms with E-state index in [1.54, 1.807) is 0 Å². The normalized spacial score (nSPS) is 10.8. The maximum atomic E-state index is 5.75. The average Bonchev–Trinajstić information content (AvgIpc) is 2.34. The van der Waals surface area contributed by atoms with Crippen LogP contribution in [-0.2, 0) is 0 Å². The third-order valence-electron chi connectivity index (χ3n) is 2.79. The molecule has 0 radical (unpaired) electrons. The fourth-order valence-corrected chi connectivity index (χ4v) is 1.68. The van der Waals surface area contributed by atoms with Crippen molar-refractivity contribution in [2.24, 2.45) is 0 Å². The molecule has 2 heteroatoms. The molecule has 0 unspecified atom stereocenters. The highest BCUT2D eigenvalue weighted by Crippen LogP contribution is 2.20. The number of rotatable bonds is 8. The van der Waals surface area contributed by atoms with Crippen LogP contribution in [-0.4, -0.2) is 19.7 Å². The predicted octanol–water partition coefficient (Wildman–Crippen LogP) is 3.58. The first-order valence-electron chi connectivity index (χ1n) is 6.67. The van der Waals surface area contributed by atoms with Crippen LogP contribution in [0.5, 0.6) is 5.75 Å². The highest BCUT2D eigenvalue weighted by atomic mass is 16.5. The first-order valence-corrected chi connectivity index (χ1v) is 6.67. The van der Waals surface area contributed by atoms with Crippen LogP contribution in [0.4, 0.5) is 0 Å². The van der Waals surface area contributed by atoms with Crippen LogP contribution >= 0.6 is 0 Å². The van der Waals surface area contributed by atoms with E-state index in [1.165, 1.54) is 12.0 Å². The molecule has 0 fully saturated rings. The molecule has 96 valence electrons. The van der Waals surface area contributed by atoms with Gasteiger partial charge in [0.2, 0.25) is 0 Å². The van der Waals surface area contributed by atoms with Gasteiger partial charge in [-0.2, -0.15) is 0 Å². The predicted molar refractivity (Wildman–Crippen MR) is 73.8 cm³/mol. The van der Waals surface area contributed by atoms with Crippen molar-refractivity contribution in [1.29, 1.82) is 0 Å². The second kappa shape index (κ2) is 8.13. The van der Waals surface area contributed by atoms with Crippen LogP contribution in [0.3, 0.4) is 0 Å². The number of nitrogens with one attached hydrogen (secondary N) is 1. The zero-order valence-electron chi connectivity index (χ0n) is 11.3. The first-order chi connectivity index (χ1) is 8.24. The van der Waals surface area contributed by atoms with Crippen molar-refractivity contribution in [3.8, 4) is 5.75 Å². The molecular formula is C15H25NO. The molecule has 0 heterocycles. The number of hydrogen-bond acceptors (Lipinski definition) is 2. The van der Waals surface area contributed by atoms with Gasteiger partial charge in [-0.1, -0.05) is 32.9 Å². The molecule has 0 aliphatic heterocycles. The Bertz CT molecular complexity index is 310. The fraction of sp³-hybridized carbons (Fsp3) is 0.600. The Kier molecular flexibility index (Phi) is 6.71. The van der Waals surface area contributed by atoms with Crippen LogP contribution in [0.1, 0.15) is 45.1 Å². The minimum atomic E-state index is 0.562. The van der Waals surface area contributed by atoms with E-state index < -0.39 is 0 Å². The summed E-state index contributed by atoms with van der Waals surface area (Å²) in [6.45, 7) is 9.50. The van der Waals surface area contributed by atoms with Gasteiger partial charge in [-0.25, -0.2) is 0 Å². The molecule has 0 aliphatic rings.